The summed E-state index contributed by atoms with van der Waals surface area (Å²) in [5.74, 6) is 0.865. The van der Waals surface area contributed by atoms with Crippen LogP contribution in [0, 0.1) is 11.7 Å². The van der Waals surface area contributed by atoms with Gasteiger partial charge in [-0.25, -0.2) is 4.39 Å². The van der Waals surface area contributed by atoms with Crippen molar-refractivity contribution in [2.45, 2.75) is 25.4 Å². The Hall–Kier alpha value is -1.87. The summed E-state index contributed by atoms with van der Waals surface area (Å²) in [6.07, 6.45) is 2.58. The molecule has 21 heavy (non-hydrogen) atoms. The maximum absolute atomic E-state index is 12.9. The normalized spacial score (nSPS) is 18.1. The highest BCUT2D eigenvalue weighted by Gasteiger charge is 2.25. The Morgan fingerprint density at radius 3 is 2.62 bits per heavy atom. The zero-order valence-corrected chi connectivity index (χ0v) is 11.8. The Morgan fingerprint density at radius 1 is 1.14 bits per heavy atom. The summed E-state index contributed by atoms with van der Waals surface area (Å²) in [4.78, 5) is 0. The van der Waals surface area contributed by atoms with E-state index in [0.29, 0.717) is 0 Å². The molecule has 0 bridgehead atoms. The Labute approximate surface area is 124 Å². The van der Waals surface area contributed by atoms with Crippen LogP contribution in [-0.2, 0) is 12.8 Å². The van der Waals surface area contributed by atoms with Gasteiger partial charge in [0.1, 0.15) is 17.7 Å². The average Bonchev–Trinajstić information content (AvgIpc) is 2.91. The second-order valence-corrected chi connectivity index (χ2v) is 5.67. The lowest BCUT2D eigenvalue weighted by Gasteiger charge is -2.18. The molecule has 110 valence electrons. The van der Waals surface area contributed by atoms with Gasteiger partial charge in [-0.2, -0.15) is 0 Å². The van der Waals surface area contributed by atoms with Crippen molar-refractivity contribution in [3.05, 3.63) is 65.5 Å². The molecule has 0 aromatic heterocycles. The van der Waals surface area contributed by atoms with Gasteiger partial charge in [-0.1, -0.05) is 30.3 Å². The van der Waals surface area contributed by atoms with E-state index in [4.69, 9.17) is 4.74 Å². The van der Waals surface area contributed by atoms with E-state index in [9.17, 15) is 9.50 Å². The molecule has 2 atom stereocenters. The first-order chi connectivity index (χ1) is 10.2. The maximum Gasteiger partial charge on any atom is 0.123 e. The van der Waals surface area contributed by atoms with E-state index in [0.717, 1.165) is 30.6 Å². The van der Waals surface area contributed by atoms with Gasteiger partial charge < -0.3 is 9.84 Å². The fraction of sp³-hybridized carbons (Fsp3) is 0.333. The summed E-state index contributed by atoms with van der Waals surface area (Å²) in [6, 6.07) is 14.6. The summed E-state index contributed by atoms with van der Waals surface area (Å²) >= 11 is 0. The van der Waals surface area contributed by atoms with Crippen molar-refractivity contribution in [2.24, 2.45) is 5.92 Å². The molecule has 0 saturated heterocycles. The van der Waals surface area contributed by atoms with Gasteiger partial charge in [0.05, 0.1) is 0 Å². The summed E-state index contributed by atoms with van der Waals surface area (Å²) < 4.78 is 18.8. The minimum absolute atomic E-state index is 0.119. The highest BCUT2D eigenvalue weighted by atomic mass is 19.1. The standard InChI is InChI=1S/C18H19FO2/c19-16-7-5-13(6-8-16)9-14(12-20)10-17-11-15-3-1-2-4-18(15)21-17/h1-8,14,17,20H,9-12H2. The van der Waals surface area contributed by atoms with Gasteiger partial charge in [0.25, 0.3) is 0 Å². The van der Waals surface area contributed by atoms with Gasteiger partial charge in [-0.05, 0) is 48.1 Å². The molecular weight excluding hydrogens is 267 g/mol. The van der Waals surface area contributed by atoms with Crippen molar-refractivity contribution in [3.63, 3.8) is 0 Å². The van der Waals surface area contributed by atoms with E-state index in [-0.39, 0.29) is 24.4 Å². The first-order valence-electron chi connectivity index (χ1n) is 7.34. The summed E-state index contributed by atoms with van der Waals surface area (Å²) in [5, 5.41) is 9.59. The molecule has 2 aromatic carbocycles. The third kappa shape index (κ3) is 3.42. The number of rotatable bonds is 5. The van der Waals surface area contributed by atoms with Crippen LogP contribution >= 0.6 is 0 Å². The van der Waals surface area contributed by atoms with Crippen LogP contribution in [-0.4, -0.2) is 17.8 Å². The van der Waals surface area contributed by atoms with E-state index < -0.39 is 0 Å². The van der Waals surface area contributed by atoms with Crippen molar-refractivity contribution >= 4 is 0 Å². The lowest BCUT2D eigenvalue weighted by Crippen LogP contribution is -2.22. The van der Waals surface area contributed by atoms with Gasteiger partial charge >= 0.3 is 0 Å². The minimum atomic E-state index is -0.228. The Balaban J connectivity index is 1.60. The molecule has 3 rings (SSSR count). The number of fused-ring (bicyclic) bond motifs is 1. The molecule has 0 radical (unpaired) electrons. The molecule has 2 aromatic rings. The predicted octanol–water partition coefficient (Wildman–Crippen LogP) is 3.37. The summed E-state index contributed by atoms with van der Waals surface area (Å²) in [7, 11) is 0. The second kappa shape index (κ2) is 6.27. The first kappa shape index (κ1) is 14.1. The van der Waals surface area contributed by atoms with Crippen LogP contribution in [0.4, 0.5) is 4.39 Å². The fourth-order valence-corrected chi connectivity index (χ4v) is 2.93. The van der Waals surface area contributed by atoms with Crippen LogP contribution in [0.3, 0.4) is 0 Å². The van der Waals surface area contributed by atoms with Gasteiger partial charge in [-0.3, -0.25) is 0 Å². The molecule has 0 saturated carbocycles. The first-order valence-corrected chi connectivity index (χ1v) is 7.34. The molecule has 0 aliphatic carbocycles. The van der Waals surface area contributed by atoms with E-state index >= 15 is 0 Å². The number of aliphatic hydroxyl groups excluding tert-OH is 1. The number of aliphatic hydroxyl groups is 1. The van der Waals surface area contributed by atoms with E-state index in [2.05, 4.69) is 6.07 Å². The lowest BCUT2D eigenvalue weighted by molar-refractivity contribution is 0.149. The number of hydrogen-bond donors (Lipinski definition) is 1. The molecule has 0 spiro atoms. The topological polar surface area (TPSA) is 29.5 Å². The highest BCUT2D eigenvalue weighted by molar-refractivity contribution is 5.37. The van der Waals surface area contributed by atoms with Crippen LogP contribution in [0.25, 0.3) is 0 Å². The molecule has 2 nitrogen and oxygen atoms in total. The van der Waals surface area contributed by atoms with Gasteiger partial charge in [-0.15, -0.1) is 0 Å². The van der Waals surface area contributed by atoms with Crippen molar-refractivity contribution in [2.75, 3.05) is 6.61 Å². The Kier molecular flexibility index (Phi) is 4.20. The van der Waals surface area contributed by atoms with Crippen LogP contribution in [0.2, 0.25) is 0 Å². The van der Waals surface area contributed by atoms with Crippen molar-refractivity contribution < 1.29 is 14.2 Å². The monoisotopic (exact) mass is 286 g/mol. The SMILES string of the molecule is OCC(Cc1ccc(F)cc1)CC1Cc2ccccc2O1. The third-order valence-corrected chi connectivity index (χ3v) is 4.01. The number of benzene rings is 2. The van der Waals surface area contributed by atoms with Crippen LogP contribution in [0.1, 0.15) is 17.5 Å². The quantitative estimate of drug-likeness (QED) is 0.913. The summed E-state index contributed by atoms with van der Waals surface area (Å²) in [5.41, 5.74) is 2.28. The van der Waals surface area contributed by atoms with Crippen molar-refractivity contribution in [1.82, 2.24) is 0 Å². The van der Waals surface area contributed by atoms with Crippen LogP contribution < -0.4 is 4.74 Å². The number of para-hydroxylation sites is 1. The molecule has 2 unspecified atom stereocenters. The van der Waals surface area contributed by atoms with Gasteiger partial charge in [0.15, 0.2) is 0 Å². The zero-order chi connectivity index (χ0) is 14.7. The van der Waals surface area contributed by atoms with Crippen LogP contribution in [0.15, 0.2) is 48.5 Å². The fourth-order valence-electron chi connectivity index (χ4n) is 2.93. The largest absolute Gasteiger partial charge is 0.490 e. The van der Waals surface area contributed by atoms with Crippen molar-refractivity contribution in [1.29, 1.82) is 0 Å². The zero-order valence-electron chi connectivity index (χ0n) is 11.8. The number of hydrogen-bond acceptors (Lipinski definition) is 2. The van der Waals surface area contributed by atoms with E-state index in [1.165, 1.54) is 17.7 Å². The third-order valence-electron chi connectivity index (χ3n) is 4.01. The number of ether oxygens (including phenoxy) is 1. The Bertz CT molecular complexity index is 569. The molecular formula is C18H19FO2. The van der Waals surface area contributed by atoms with Gasteiger partial charge in [0.2, 0.25) is 0 Å². The molecule has 0 fully saturated rings. The minimum Gasteiger partial charge on any atom is -0.490 e. The second-order valence-electron chi connectivity index (χ2n) is 5.67. The number of halogens is 1. The lowest BCUT2D eigenvalue weighted by atomic mass is 9.93. The van der Waals surface area contributed by atoms with E-state index in [1.54, 1.807) is 12.1 Å². The summed E-state index contributed by atoms with van der Waals surface area (Å²) in [6.45, 7) is 0.119. The van der Waals surface area contributed by atoms with Crippen LogP contribution in [0.5, 0.6) is 5.75 Å². The molecule has 0 amide bonds. The molecule has 1 aliphatic rings. The Morgan fingerprint density at radius 2 is 1.90 bits per heavy atom. The molecule has 1 aliphatic heterocycles. The average molecular weight is 286 g/mol. The highest BCUT2D eigenvalue weighted by Crippen LogP contribution is 2.31. The maximum atomic E-state index is 12.9. The molecule has 1 heterocycles. The molecule has 3 heteroatoms. The smallest absolute Gasteiger partial charge is 0.123 e. The van der Waals surface area contributed by atoms with Crippen molar-refractivity contribution in [3.8, 4) is 5.75 Å². The predicted molar refractivity (Wildman–Crippen MR) is 79.9 cm³/mol. The van der Waals surface area contributed by atoms with E-state index in [1.807, 2.05) is 18.2 Å². The van der Waals surface area contributed by atoms with Gasteiger partial charge in [0, 0.05) is 13.0 Å². The molecule has 1 N–H and O–H groups in total.